The van der Waals surface area contributed by atoms with Gasteiger partial charge < -0.3 is 10.1 Å². The molecule has 0 spiro atoms. The second-order valence-electron chi connectivity index (χ2n) is 4.32. The Morgan fingerprint density at radius 1 is 1.23 bits per heavy atom. The minimum absolute atomic E-state index is 0.836. The molecule has 0 unspecified atom stereocenters. The van der Waals surface area contributed by atoms with Crippen molar-refractivity contribution in [1.29, 1.82) is 0 Å². The van der Waals surface area contributed by atoms with Crippen LogP contribution in [0.15, 0.2) is 0 Å². The zero-order valence-corrected chi connectivity index (χ0v) is 9.01. The minimum Gasteiger partial charge on any atom is -0.383 e. The number of nitrogens with one attached hydrogen (secondary N) is 1. The van der Waals surface area contributed by atoms with Crippen molar-refractivity contribution in [3.8, 4) is 0 Å². The van der Waals surface area contributed by atoms with Crippen LogP contribution in [0, 0.1) is 11.8 Å². The van der Waals surface area contributed by atoms with Crippen molar-refractivity contribution < 1.29 is 4.74 Å². The second kappa shape index (κ2) is 6.39. The maximum absolute atomic E-state index is 4.99. The maximum atomic E-state index is 4.99. The lowest BCUT2D eigenvalue weighted by atomic mass is 9.83. The van der Waals surface area contributed by atoms with Crippen molar-refractivity contribution in [3.05, 3.63) is 0 Å². The van der Waals surface area contributed by atoms with Crippen LogP contribution in [-0.4, -0.2) is 26.8 Å². The summed E-state index contributed by atoms with van der Waals surface area (Å²) < 4.78 is 4.99. The summed E-state index contributed by atoms with van der Waals surface area (Å²) in [7, 11) is 1.75. The molecule has 1 N–H and O–H groups in total. The Labute approximate surface area is 82.0 Å². The molecule has 0 amide bonds. The standard InChI is InChI=1S/C11H23NO/c1-10-3-5-11(6-4-10)9-12-7-8-13-2/h10-12H,3-9H2,1-2H3. The Kier molecular flexibility index (Phi) is 5.40. The van der Waals surface area contributed by atoms with Crippen molar-refractivity contribution in [2.75, 3.05) is 26.8 Å². The van der Waals surface area contributed by atoms with Crippen LogP contribution >= 0.6 is 0 Å². The van der Waals surface area contributed by atoms with Crippen LogP contribution in [0.3, 0.4) is 0 Å². The Morgan fingerprint density at radius 3 is 2.54 bits per heavy atom. The van der Waals surface area contributed by atoms with Gasteiger partial charge in [0.1, 0.15) is 0 Å². The number of methoxy groups -OCH3 is 1. The third-order valence-corrected chi connectivity index (χ3v) is 3.05. The summed E-state index contributed by atoms with van der Waals surface area (Å²) in [6.07, 6.45) is 5.69. The van der Waals surface area contributed by atoms with Crippen LogP contribution in [0.4, 0.5) is 0 Å². The van der Waals surface area contributed by atoms with Gasteiger partial charge in [0.25, 0.3) is 0 Å². The van der Waals surface area contributed by atoms with E-state index >= 15 is 0 Å². The summed E-state index contributed by atoms with van der Waals surface area (Å²) >= 11 is 0. The number of hydrogen-bond donors (Lipinski definition) is 1. The van der Waals surface area contributed by atoms with Crippen molar-refractivity contribution in [1.82, 2.24) is 5.32 Å². The molecule has 0 saturated heterocycles. The molecule has 0 aliphatic heterocycles. The van der Waals surface area contributed by atoms with E-state index in [0.717, 1.165) is 25.0 Å². The largest absolute Gasteiger partial charge is 0.383 e. The molecule has 0 heterocycles. The van der Waals surface area contributed by atoms with E-state index in [0.29, 0.717) is 0 Å². The molecule has 1 aliphatic rings. The molecule has 1 saturated carbocycles. The van der Waals surface area contributed by atoms with E-state index in [4.69, 9.17) is 4.74 Å². The molecular weight excluding hydrogens is 162 g/mol. The van der Waals surface area contributed by atoms with E-state index in [1.807, 2.05) is 0 Å². The fourth-order valence-electron chi connectivity index (χ4n) is 2.01. The Hall–Kier alpha value is -0.0800. The van der Waals surface area contributed by atoms with Gasteiger partial charge >= 0.3 is 0 Å². The van der Waals surface area contributed by atoms with Crippen LogP contribution in [0.5, 0.6) is 0 Å². The highest BCUT2D eigenvalue weighted by molar-refractivity contribution is 4.71. The topological polar surface area (TPSA) is 21.3 Å². The zero-order chi connectivity index (χ0) is 9.52. The Bertz CT molecular complexity index is 119. The van der Waals surface area contributed by atoms with Crippen molar-refractivity contribution in [3.63, 3.8) is 0 Å². The predicted octanol–water partition coefficient (Wildman–Crippen LogP) is 2.05. The molecule has 0 radical (unpaired) electrons. The average molecular weight is 185 g/mol. The summed E-state index contributed by atoms with van der Waals surface area (Å²) in [6, 6.07) is 0. The molecule has 0 aromatic rings. The van der Waals surface area contributed by atoms with Crippen LogP contribution < -0.4 is 5.32 Å². The maximum Gasteiger partial charge on any atom is 0.0587 e. The van der Waals surface area contributed by atoms with Gasteiger partial charge in [0.2, 0.25) is 0 Å². The molecule has 0 aromatic carbocycles. The van der Waals surface area contributed by atoms with Crippen molar-refractivity contribution in [2.45, 2.75) is 32.6 Å². The van der Waals surface area contributed by atoms with Gasteiger partial charge in [0.05, 0.1) is 6.61 Å². The highest BCUT2D eigenvalue weighted by Gasteiger charge is 2.17. The summed E-state index contributed by atoms with van der Waals surface area (Å²) in [5.41, 5.74) is 0. The van der Waals surface area contributed by atoms with E-state index in [9.17, 15) is 0 Å². The molecule has 0 atom stereocenters. The monoisotopic (exact) mass is 185 g/mol. The molecule has 13 heavy (non-hydrogen) atoms. The molecule has 1 rings (SSSR count). The molecule has 0 aromatic heterocycles. The summed E-state index contributed by atoms with van der Waals surface area (Å²) in [4.78, 5) is 0. The van der Waals surface area contributed by atoms with E-state index in [1.54, 1.807) is 7.11 Å². The molecule has 2 heteroatoms. The first-order chi connectivity index (χ1) is 6.33. The van der Waals surface area contributed by atoms with E-state index in [-0.39, 0.29) is 0 Å². The zero-order valence-electron chi connectivity index (χ0n) is 9.01. The third kappa shape index (κ3) is 4.63. The highest BCUT2D eigenvalue weighted by atomic mass is 16.5. The van der Waals surface area contributed by atoms with Crippen molar-refractivity contribution >= 4 is 0 Å². The molecular formula is C11H23NO. The Balaban J connectivity index is 1.96. The van der Waals surface area contributed by atoms with E-state index in [2.05, 4.69) is 12.2 Å². The van der Waals surface area contributed by atoms with E-state index < -0.39 is 0 Å². The Morgan fingerprint density at radius 2 is 1.92 bits per heavy atom. The highest BCUT2D eigenvalue weighted by Crippen LogP contribution is 2.27. The number of ether oxygens (including phenoxy) is 1. The van der Waals surface area contributed by atoms with Crippen LogP contribution in [0.1, 0.15) is 32.6 Å². The van der Waals surface area contributed by atoms with Gasteiger partial charge in [-0.3, -0.25) is 0 Å². The summed E-state index contributed by atoms with van der Waals surface area (Å²) in [5.74, 6) is 1.89. The number of hydrogen-bond acceptors (Lipinski definition) is 2. The van der Waals surface area contributed by atoms with Gasteiger partial charge in [-0.05, 0) is 31.2 Å². The van der Waals surface area contributed by atoms with Gasteiger partial charge in [-0.15, -0.1) is 0 Å². The van der Waals surface area contributed by atoms with Crippen molar-refractivity contribution in [2.24, 2.45) is 11.8 Å². The SMILES string of the molecule is COCCNCC1CCC(C)CC1. The van der Waals surface area contributed by atoms with Gasteiger partial charge in [0.15, 0.2) is 0 Å². The summed E-state index contributed by atoms with van der Waals surface area (Å²) in [6.45, 7) is 5.40. The lowest BCUT2D eigenvalue weighted by Crippen LogP contribution is -2.28. The molecule has 0 bridgehead atoms. The fourth-order valence-corrected chi connectivity index (χ4v) is 2.01. The van der Waals surface area contributed by atoms with Gasteiger partial charge in [-0.1, -0.05) is 19.8 Å². The first-order valence-corrected chi connectivity index (χ1v) is 5.52. The van der Waals surface area contributed by atoms with Gasteiger partial charge in [-0.25, -0.2) is 0 Å². The van der Waals surface area contributed by atoms with Gasteiger partial charge in [-0.2, -0.15) is 0 Å². The quantitative estimate of drug-likeness (QED) is 0.662. The van der Waals surface area contributed by atoms with E-state index in [1.165, 1.54) is 32.2 Å². The average Bonchev–Trinajstić information content (AvgIpc) is 2.15. The normalized spacial score (nSPS) is 29.1. The van der Waals surface area contributed by atoms with Crippen LogP contribution in [0.25, 0.3) is 0 Å². The molecule has 1 fully saturated rings. The molecule has 78 valence electrons. The predicted molar refractivity (Wildman–Crippen MR) is 55.9 cm³/mol. The summed E-state index contributed by atoms with van der Waals surface area (Å²) in [5, 5.41) is 3.45. The van der Waals surface area contributed by atoms with Gasteiger partial charge in [0, 0.05) is 13.7 Å². The smallest absolute Gasteiger partial charge is 0.0587 e. The lowest BCUT2D eigenvalue weighted by molar-refractivity contribution is 0.194. The fraction of sp³-hybridized carbons (Fsp3) is 1.00. The molecule has 1 aliphatic carbocycles. The van der Waals surface area contributed by atoms with Crippen LogP contribution in [-0.2, 0) is 4.74 Å². The second-order valence-corrected chi connectivity index (χ2v) is 4.32. The van der Waals surface area contributed by atoms with Crippen LogP contribution in [0.2, 0.25) is 0 Å². The number of rotatable bonds is 5. The lowest BCUT2D eigenvalue weighted by Gasteiger charge is -2.26. The third-order valence-electron chi connectivity index (χ3n) is 3.05. The molecule has 2 nitrogen and oxygen atoms in total. The first-order valence-electron chi connectivity index (χ1n) is 5.52. The first kappa shape index (κ1) is 11.0. The minimum atomic E-state index is 0.836.